The number of anilines is 1. The number of benzene rings is 2. The predicted octanol–water partition coefficient (Wildman–Crippen LogP) is 4.22. The van der Waals surface area contributed by atoms with Crippen LogP contribution in [-0.2, 0) is 11.2 Å². The van der Waals surface area contributed by atoms with Gasteiger partial charge >= 0.3 is 0 Å². The molecular formula is C22H24ClN5OS. The maximum absolute atomic E-state index is 12.9. The second-order valence-electron chi connectivity index (χ2n) is 7.50. The van der Waals surface area contributed by atoms with Crippen molar-refractivity contribution in [2.75, 3.05) is 31.3 Å². The summed E-state index contributed by atoms with van der Waals surface area (Å²) in [5, 5.41) is 10.2. The number of amides is 1. The molecule has 30 heavy (non-hydrogen) atoms. The maximum atomic E-state index is 12.9. The van der Waals surface area contributed by atoms with Crippen LogP contribution in [0.25, 0.3) is 5.69 Å². The Morgan fingerprint density at radius 1 is 1.17 bits per heavy atom. The van der Waals surface area contributed by atoms with Crippen LogP contribution in [0.5, 0.6) is 0 Å². The average Bonchev–Trinajstić information content (AvgIpc) is 3.36. The van der Waals surface area contributed by atoms with Crippen LogP contribution in [0, 0.1) is 0 Å². The summed E-state index contributed by atoms with van der Waals surface area (Å²) in [6.45, 7) is 2.81. The standard InChI is InChI=1S/C22H24ClN5OS/c1-15(26(2)3)21-24-25-22(28(21)18-10-8-17(23)9-11-18)30-14-20(29)27-13-12-16-6-4-5-7-19(16)27/h4-11,15H,12-14H2,1-3H3/t15-/m1/s1. The van der Waals surface area contributed by atoms with Crippen molar-refractivity contribution >= 4 is 35.0 Å². The molecule has 1 amide bonds. The van der Waals surface area contributed by atoms with Gasteiger partial charge < -0.3 is 4.90 Å². The van der Waals surface area contributed by atoms with E-state index in [2.05, 4.69) is 28.1 Å². The summed E-state index contributed by atoms with van der Waals surface area (Å²) in [6, 6.07) is 15.7. The molecule has 0 N–H and O–H groups in total. The first kappa shape index (κ1) is 20.9. The first-order valence-electron chi connectivity index (χ1n) is 9.84. The Morgan fingerprint density at radius 3 is 2.63 bits per heavy atom. The fraction of sp³-hybridized carbons (Fsp3) is 0.318. The van der Waals surface area contributed by atoms with Gasteiger partial charge in [-0.25, -0.2) is 0 Å². The van der Waals surface area contributed by atoms with Crippen LogP contribution in [0.2, 0.25) is 5.02 Å². The molecule has 6 nitrogen and oxygen atoms in total. The molecule has 8 heteroatoms. The van der Waals surface area contributed by atoms with Gasteiger partial charge in [0.1, 0.15) is 0 Å². The van der Waals surface area contributed by atoms with Crippen molar-refractivity contribution in [1.82, 2.24) is 19.7 Å². The van der Waals surface area contributed by atoms with Crippen molar-refractivity contribution < 1.29 is 4.79 Å². The van der Waals surface area contributed by atoms with E-state index in [0.717, 1.165) is 30.2 Å². The highest BCUT2D eigenvalue weighted by Gasteiger charge is 2.26. The number of hydrogen-bond acceptors (Lipinski definition) is 5. The van der Waals surface area contributed by atoms with Crippen LogP contribution in [-0.4, -0.2) is 52.0 Å². The van der Waals surface area contributed by atoms with Crippen molar-refractivity contribution in [2.45, 2.75) is 24.5 Å². The molecule has 1 aliphatic heterocycles. The molecule has 2 aromatic carbocycles. The van der Waals surface area contributed by atoms with Crippen molar-refractivity contribution in [2.24, 2.45) is 0 Å². The van der Waals surface area contributed by atoms with E-state index in [1.54, 1.807) is 0 Å². The van der Waals surface area contributed by atoms with E-state index < -0.39 is 0 Å². The molecular weight excluding hydrogens is 418 g/mol. The van der Waals surface area contributed by atoms with Gasteiger partial charge in [0.2, 0.25) is 5.91 Å². The van der Waals surface area contributed by atoms with Gasteiger partial charge in [0.25, 0.3) is 0 Å². The summed E-state index contributed by atoms with van der Waals surface area (Å²) in [6.07, 6.45) is 0.901. The number of aromatic nitrogens is 3. The monoisotopic (exact) mass is 441 g/mol. The Bertz CT molecular complexity index is 1050. The quantitative estimate of drug-likeness (QED) is 0.536. The molecule has 0 spiro atoms. The summed E-state index contributed by atoms with van der Waals surface area (Å²) >= 11 is 7.49. The lowest BCUT2D eigenvalue weighted by Crippen LogP contribution is -2.30. The Balaban J connectivity index is 1.58. The van der Waals surface area contributed by atoms with Gasteiger partial charge in [-0.2, -0.15) is 0 Å². The number of nitrogens with zero attached hydrogens (tertiary/aromatic N) is 5. The van der Waals surface area contributed by atoms with Crippen molar-refractivity contribution in [3.05, 3.63) is 64.9 Å². The van der Waals surface area contributed by atoms with E-state index in [1.807, 2.05) is 66.0 Å². The molecule has 0 fully saturated rings. The van der Waals surface area contributed by atoms with E-state index in [9.17, 15) is 4.79 Å². The Hall–Kier alpha value is -2.35. The lowest BCUT2D eigenvalue weighted by Gasteiger charge is -2.21. The van der Waals surface area contributed by atoms with Gasteiger partial charge in [-0.3, -0.25) is 14.3 Å². The van der Waals surface area contributed by atoms with Crippen LogP contribution < -0.4 is 4.90 Å². The van der Waals surface area contributed by atoms with E-state index in [4.69, 9.17) is 11.6 Å². The number of halogens is 1. The lowest BCUT2D eigenvalue weighted by atomic mass is 10.2. The minimum atomic E-state index is 0.0590. The summed E-state index contributed by atoms with van der Waals surface area (Å²) < 4.78 is 2.01. The highest BCUT2D eigenvalue weighted by Crippen LogP contribution is 2.30. The van der Waals surface area contributed by atoms with Crippen molar-refractivity contribution in [3.8, 4) is 5.69 Å². The maximum Gasteiger partial charge on any atom is 0.237 e. The minimum Gasteiger partial charge on any atom is -0.311 e. The van der Waals surface area contributed by atoms with E-state index >= 15 is 0 Å². The van der Waals surface area contributed by atoms with E-state index in [0.29, 0.717) is 15.9 Å². The lowest BCUT2D eigenvalue weighted by molar-refractivity contribution is -0.116. The van der Waals surface area contributed by atoms with Gasteiger partial charge in [-0.1, -0.05) is 41.6 Å². The topological polar surface area (TPSA) is 54.3 Å². The Kier molecular flexibility index (Phi) is 6.13. The molecule has 0 saturated carbocycles. The fourth-order valence-electron chi connectivity index (χ4n) is 3.51. The summed E-state index contributed by atoms with van der Waals surface area (Å²) in [5.41, 5.74) is 3.17. The number of para-hydroxylation sites is 1. The first-order chi connectivity index (χ1) is 14.5. The number of fused-ring (bicyclic) bond motifs is 1. The number of thioether (sulfide) groups is 1. The molecule has 4 rings (SSSR count). The minimum absolute atomic E-state index is 0.0590. The Labute approximate surface area is 185 Å². The Morgan fingerprint density at radius 2 is 1.90 bits per heavy atom. The molecule has 0 bridgehead atoms. The van der Waals surface area contributed by atoms with Crippen LogP contribution >= 0.6 is 23.4 Å². The van der Waals surface area contributed by atoms with Crippen LogP contribution in [0.1, 0.15) is 24.4 Å². The highest BCUT2D eigenvalue weighted by atomic mass is 35.5. The molecule has 1 aromatic heterocycles. The average molecular weight is 442 g/mol. The second-order valence-corrected chi connectivity index (χ2v) is 8.88. The third kappa shape index (κ3) is 4.10. The molecule has 2 heterocycles. The molecule has 0 aliphatic carbocycles. The zero-order valence-corrected chi connectivity index (χ0v) is 18.8. The summed E-state index contributed by atoms with van der Waals surface area (Å²) in [7, 11) is 4.01. The number of hydrogen-bond donors (Lipinski definition) is 0. The molecule has 0 radical (unpaired) electrons. The number of carbonyl (C=O) groups is 1. The molecule has 156 valence electrons. The third-order valence-corrected chi connectivity index (χ3v) is 6.57. The zero-order chi connectivity index (χ0) is 21.3. The zero-order valence-electron chi connectivity index (χ0n) is 17.2. The molecule has 3 aromatic rings. The normalized spacial score (nSPS) is 14.2. The smallest absolute Gasteiger partial charge is 0.237 e. The van der Waals surface area contributed by atoms with Crippen molar-refractivity contribution in [3.63, 3.8) is 0 Å². The molecule has 1 atom stereocenters. The van der Waals surface area contributed by atoms with Crippen LogP contribution in [0.4, 0.5) is 5.69 Å². The molecule has 1 aliphatic rings. The molecule has 0 unspecified atom stereocenters. The van der Waals surface area contributed by atoms with E-state index in [1.165, 1.54) is 17.3 Å². The van der Waals surface area contributed by atoms with Crippen LogP contribution in [0.15, 0.2) is 53.7 Å². The number of rotatable bonds is 6. The summed E-state index contributed by atoms with van der Waals surface area (Å²) in [5.74, 6) is 1.21. The van der Waals surface area contributed by atoms with Gasteiger partial charge in [0, 0.05) is 22.9 Å². The third-order valence-electron chi connectivity index (χ3n) is 5.40. The summed E-state index contributed by atoms with van der Waals surface area (Å²) in [4.78, 5) is 16.9. The van der Waals surface area contributed by atoms with Crippen molar-refractivity contribution in [1.29, 1.82) is 0 Å². The van der Waals surface area contributed by atoms with E-state index in [-0.39, 0.29) is 11.9 Å². The van der Waals surface area contributed by atoms with Gasteiger partial charge in [-0.15, -0.1) is 10.2 Å². The first-order valence-corrected chi connectivity index (χ1v) is 11.2. The largest absolute Gasteiger partial charge is 0.311 e. The van der Waals surface area contributed by atoms with Crippen LogP contribution in [0.3, 0.4) is 0 Å². The fourth-order valence-corrected chi connectivity index (χ4v) is 4.47. The predicted molar refractivity (Wildman–Crippen MR) is 122 cm³/mol. The molecule has 0 saturated heterocycles. The van der Waals surface area contributed by atoms with Gasteiger partial charge in [0.15, 0.2) is 11.0 Å². The number of carbonyl (C=O) groups excluding carboxylic acids is 1. The van der Waals surface area contributed by atoms with Gasteiger partial charge in [0.05, 0.1) is 11.8 Å². The second kappa shape index (κ2) is 8.79. The highest BCUT2D eigenvalue weighted by molar-refractivity contribution is 7.99. The van der Waals surface area contributed by atoms with Gasteiger partial charge in [-0.05, 0) is 63.3 Å². The SMILES string of the molecule is C[C@H](c1nnc(SCC(=O)N2CCc3ccccc32)n1-c1ccc(Cl)cc1)N(C)C.